The number of carboxylic acid groups (broad SMARTS) is 3. The van der Waals surface area contributed by atoms with Gasteiger partial charge in [-0.25, -0.2) is 0 Å². The highest BCUT2D eigenvalue weighted by Gasteiger charge is 2.00. The Morgan fingerprint density at radius 2 is 0.300 bits per heavy atom. The number of carboxylic acids is 3. The van der Waals surface area contributed by atoms with E-state index in [1.165, 1.54) is 250 Å². The number of aliphatic carboxylic acids is 3. The van der Waals surface area contributed by atoms with E-state index in [2.05, 4.69) is 20.8 Å². The summed E-state index contributed by atoms with van der Waals surface area (Å²) in [5.74, 6) is -1.96. The molecule has 0 rings (SSSR count). The van der Waals surface area contributed by atoms with Gasteiger partial charge in [0.15, 0.2) is 0 Å². The van der Waals surface area contributed by atoms with Crippen molar-refractivity contribution in [2.24, 2.45) is 0 Å². The van der Waals surface area contributed by atoms with Crippen molar-refractivity contribution >= 4 is 17.9 Å². The molecule has 0 aliphatic carbocycles. The molecule has 0 unspecified atom stereocenters. The van der Waals surface area contributed by atoms with Crippen LogP contribution in [0.4, 0.5) is 0 Å². The first-order chi connectivity index (χ1) is 29.3. The van der Waals surface area contributed by atoms with Crippen LogP contribution in [0.5, 0.6) is 0 Å². The molecule has 0 atom stereocenters. The standard InChI is InChI=1S/3C18H36O2/c3*1-2-3-4-5-6-7-8-9-10-11-12-13-14-15-16-17-18(19)20/h3*2-17H2,1H3,(H,19,20). The van der Waals surface area contributed by atoms with Gasteiger partial charge in [-0.2, -0.15) is 0 Å². The van der Waals surface area contributed by atoms with Gasteiger partial charge in [-0.1, -0.05) is 290 Å². The monoisotopic (exact) mass is 853 g/mol. The van der Waals surface area contributed by atoms with E-state index in [9.17, 15) is 14.4 Å². The van der Waals surface area contributed by atoms with Crippen molar-refractivity contribution in [3.63, 3.8) is 0 Å². The minimum absolute atomic E-state index is 0.345. The number of hydrogen-bond acceptors (Lipinski definition) is 3. The third kappa shape index (κ3) is 70.9. The van der Waals surface area contributed by atoms with Crippen LogP contribution in [-0.2, 0) is 14.4 Å². The molecule has 0 aromatic rings. The van der Waals surface area contributed by atoms with Crippen molar-refractivity contribution in [3.05, 3.63) is 0 Å². The Balaban J connectivity index is -0.000000812. The summed E-state index contributed by atoms with van der Waals surface area (Å²) >= 11 is 0. The van der Waals surface area contributed by atoms with Gasteiger partial charge in [0.05, 0.1) is 0 Å². The molecule has 3 N–H and O–H groups in total. The van der Waals surface area contributed by atoms with E-state index in [4.69, 9.17) is 15.3 Å². The van der Waals surface area contributed by atoms with Crippen molar-refractivity contribution in [1.82, 2.24) is 0 Å². The van der Waals surface area contributed by atoms with Crippen LogP contribution in [-0.4, -0.2) is 33.2 Å². The summed E-state index contributed by atoms with van der Waals surface area (Å²) in [6.45, 7) is 6.81. The smallest absolute Gasteiger partial charge is 0.303 e. The molecule has 0 bridgehead atoms. The fourth-order valence-corrected chi connectivity index (χ4v) is 7.94. The number of hydrogen-bond donors (Lipinski definition) is 3. The summed E-state index contributed by atoms with van der Waals surface area (Å²) in [5.41, 5.74) is 0. The van der Waals surface area contributed by atoms with Gasteiger partial charge in [-0.3, -0.25) is 14.4 Å². The van der Waals surface area contributed by atoms with Gasteiger partial charge in [-0.05, 0) is 19.3 Å². The molecule has 0 fully saturated rings. The van der Waals surface area contributed by atoms with Crippen molar-refractivity contribution in [3.8, 4) is 0 Å². The van der Waals surface area contributed by atoms with Gasteiger partial charge < -0.3 is 15.3 Å². The van der Waals surface area contributed by atoms with E-state index in [1.54, 1.807) is 0 Å². The fourth-order valence-electron chi connectivity index (χ4n) is 7.94. The van der Waals surface area contributed by atoms with Crippen molar-refractivity contribution in [1.29, 1.82) is 0 Å². The van der Waals surface area contributed by atoms with Crippen molar-refractivity contribution < 1.29 is 29.7 Å². The van der Waals surface area contributed by atoms with Gasteiger partial charge >= 0.3 is 17.9 Å². The lowest BCUT2D eigenvalue weighted by Crippen LogP contribution is -1.93. The first kappa shape index (κ1) is 62.7. The van der Waals surface area contributed by atoms with Crippen LogP contribution in [0.1, 0.15) is 329 Å². The minimum Gasteiger partial charge on any atom is -0.481 e. The molecule has 0 amide bonds. The Morgan fingerprint density at radius 1 is 0.200 bits per heavy atom. The Kier molecular flexibility index (Phi) is 62.2. The summed E-state index contributed by atoms with van der Waals surface area (Å²) in [6.07, 6.45) is 60.6. The van der Waals surface area contributed by atoms with Gasteiger partial charge in [0, 0.05) is 19.3 Å². The lowest BCUT2D eigenvalue weighted by Gasteiger charge is -2.03. The van der Waals surface area contributed by atoms with Crippen LogP contribution in [0.3, 0.4) is 0 Å². The molecule has 6 nitrogen and oxygen atoms in total. The second kappa shape index (κ2) is 59.5. The van der Waals surface area contributed by atoms with Gasteiger partial charge in [0.1, 0.15) is 0 Å². The SMILES string of the molecule is CCCCCCCCCCCCCCCCCC(=O)O.CCCCCCCCCCCCCCCCCC(=O)O.CCCCCCCCCCCCCCCCCC(=O)O. The maximum atomic E-state index is 10.3. The highest BCUT2D eigenvalue weighted by molar-refractivity contribution is 5.67. The largest absolute Gasteiger partial charge is 0.481 e. The van der Waals surface area contributed by atoms with Gasteiger partial charge in [-0.15, -0.1) is 0 Å². The van der Waals surface area contributed by atoms with Crippen LogP contribution in [0.2, 0.25) is 0 Å². The second-order valence-corrected chi connectivity index (χ2v) is 18.3. The maximum absolute atomic E-state index is 10.3. The Bertz CT molecular complexity index is 709. The molecule has 0 saturated heterocycles. The quantitative estimate of drug-likeness (QED) is 0.0526. The van der Waals surface area contributed by atoms with Crippen LogP contribution in [0.25, 0.3) is 0 Å². The third-order valence-electron chi connectivity index (χ3n) is 12.0. The summed E-state index contributed by atoms with van der Waals surface area (Å²) in [7, 11) is 0. The minimum atomic E-state index is -0.653. The fraction of sp³-hybridized carbons (Fsp3) is 0.944. The summed E-state index contributed by atoms with van der Waals surface area (Å²) in [4.78, 5) is 31.0. The molecule has 0 radical (unpaired) electrons. The van der Waals surface area contributed by atoms with E-state index in [1.807, 2.05) is 0 Å². The van der Waals surface area contributed by atoms with E-state index < -0.39 is 17.9 Å². The van der Waals surface area contributed by atoms with Crippen LogP contribution in [0, 0.1) is 0 Å². The molecule has 0 aliphatic heterocycles. The lowest BCUT2D eigenvalue weighted by atomic mass is 10.0. The van der Waals surface area contributed by atoms with E-state index in [0.717, 1.165) is 38.5 Å². The predicted octanol–water partition coefficient (Wildman–Crippen LogP) is 19.0. The van der Waals surface area contributed by atoms with Gasteiger partial charge in [0.2, 0.25) is 0 Å². The zero-order valence-corrected chi connectivity index (χ0v) is 41.0. The Hall–Kier alpha value is -1.59. The predicted molar refractivity (Wildman–Crippen MR) is 262 cm³/mol. The second-order valence-electron chi connectivity index (χ2n) is 18.3. The molecule has 0 aromatic carbocycles. The van der Waals surface area contributed by atoms with Crippen LogP contribution in [0.15, 0.2) is 0 Å². The Morgan fingerprint density at radius 3 is 0.400 bits per heavy atom. The lowest BCUT2D eigenvalue weighted by molar-refractivity contribution is -0.138. The molecular formula is C54H108O6. The molecule has 0 aliphatic rings. The first-order valence-corrected chi connectivity index (χ1v) is 27.0. The maximum Gasteiger partial charge on any atom is 0.303 e. The number of unbranched alkanes of at least 4 members (excludes halogenated alkanes) is 42. The Labute approximate surface area is 375 Å². The summed E-state index contributed by atoms with van der Waals surface area (Å²) in [6, 6.07) is 0. The molecule has 0 spiro atoms. The van der Waals surface area contributed by atoms with Gasteiger partial charge in [0.25, 0.3) is 0 Å². The van der Waals surface area contributed by atoms with E-state index in [-0.39, 0.29) is 0 Å². The summed E-state index contributed by atoms with van der Waals surface area (Å²) in [5, 5.41) is 25.6. The van der Waals surface area contributed by atoms with Crippen molar-refractivity contribution in [2.75, 3.05) is 0 Å². The zero-order valence-electron chi connectivity index (χ0n) is 41.0. The average molecular weight is 853 g/mol. The number of carbonyl (C=O) groups is 3. The topological polar surface area (TPSA) is 112 Å². The third-order valence-corrected chi connectivity index (χ3v) is 12.0. The average Bonchev–Trinajstić information content (AvgIpc) is 3.22. The molecule has 60 heavy (non-hydrogen) atoms. The highest BCUT2D eigenvalue weighted by atomic mass is 16.4. The number of rotatable bonds is 48. The highest BCUT2D eigenvalue weighted by Crippen LogP contribution is 2.16. The molecule has 0 heterocycles. The zero-order chi connectivity index (χ0) is 44.7. The molecule has 6 heteroatoms. The normalized spacial score (nSPS) is 10.8. The first-order valence-electron chi connectivity index (χ1n) is 27.0. The molecule has 0 aromatic heterocycles. The molecule has 0 saturated carbocycles. The van der Waals surface area contributed by atoms with E-state index in [0.29, 0.717) is 19.3 Å². The molecule has 360 valence electrons. The van der Waals surface area contributed by atoms with Crippen LogP contribution >= 0.6 is 0 Å². The summed E-state index contributed by atoms with van der Waals surface area (Å²) < 4.78 is 0. The van der Waals surface area contributed by atoms with E-state index >= 15 is 0 Å². The van der Waals surface area contributed by atoms with Crippen LogP contribution < -0.4 is 0 Å². The van der Waals surface area contributed by atoms with Crippen molar-refractivity contribution in [2.45, 2.75) is 329 Å². The molecular weight excluding hydrogens is 745 g/mol.